The molecule has 2 N–H and O–H groups in total. The smallest absolute Gasteiger partial charge is 0.291 e. The van der Waals surface area contributed by atoms with Crippen LogP contribution in [0.25, 0.3) is 0 Å². The van der Waals surface area contributed by atoms with Gasteiger partial charge in [-0.05, 0) is 19.6 Å². The SMILES string of the molecule is CCN(CC)CC.O=[N+]([O-])O.O=[N+]([O-])O. The van der Waals surface area contributed by atoms with Gasteiger partial charge in [0.1, 0.15) is 0 Å². The molecule has 0 radical (unpaired) electrons. The topological polar surface area (TPSA) is 130 Å². The molecular weight excluding hydrogens is 210 g/mol. The second-order valence-electron chi connectivity index (χ2n) is 2.10. The van der Waals surface area contributed by atoms with Crippen molar-refractivity contribution in [3.8, 4) is 0 Å². The predicted octanol–water partition coefficient (Wildman–Crippen LogP) is 0.653. The Morgan fingerprint density at radius 2 is 1.07 bits per heavy atom. The van der Waals surface area contributed by atoms with Crippen LogP contribution in [0.2, 0.25) is 0 Å². The Bertz CT molecular complexity index is 135. The molecule has 9 heteroatoms. The van der Waals surface area contributed by atoms with Gasteiger partial charge >= 0.3 is 0 Å². The van der Waals surface area contributed by atoms with Crippen molar-refractivity contribution in [2.24, 2.45) is 0 Å². The first kappa shape index (κ1) is 19.0. The Morgan fingerprint density at radius 3 is 1.07 bits per heavy atom. The van der Waals surface area contributed by atoms with Crippen LogP contribution in [-0.4, -0.2) is 45.1 Å². The molecule has 0 saturated carbocycles. The van der Waals surface area contributed by atoms with Crippen LogP contribution in [0.15, 0.2) is 0 Å². The molecule has 0 bridgehead atoms. The van der Waals surface area contributed by atoms with E-state index in [2.05, 4.69) is 25.7 Å². The van der Waals surface area contributed by atoms with Crippen LogP contribution in [0.5, 0.6) is 0 Å². The van der Waals surface area contributed by atoms with Gasteiger partial charge in [0.2, 0.25) is 0 Å². The summed E-state index contributed by atoms with van der Waals surface area (Å²) in [4.78, 5) is 19.1. The normalized spacial score (nSPS) is 8.00. The third kappa shape index (κ3) is 69.8. The second kappa shape index (κ2) is 14.9. The van der Waals surface area contributed by atoms with Gasteiger partial charge in [0.15, 0.2) is 0 Å². The van der Waals surface area contributed by atoms with Crippen molar-refractivity contribution >= 4 is 0 Å². The molecule has 0 spiro atoms. The van der Waals surface area contributed by atoms with Gasteiger partial charge < -0.3 is 15.3 Å². The summed E-state index contributed by atoms with van der Waals surface area (Å²) < 4.78 is 0. The lowest BCUT2D eigenvalue weighted by molar-refractivity contribution is -0.742. The summed E-state index contributed by atoms with van der Waals surface area (Å²) in [6.45, 7) is 10.1. The van der Waals surface area contributed by atoms with Gasteiger partial charge in [0.25, 0.3) is 10.2 Å². The monoisotopic (exact) mass is 227 g/mol. The molecule has 0 aromatic rings. The third-order valence-corrected chi connectivity index (χ3v) is 1.34. The van der Waals surface area contributed by atoms with E-state index in [0.29, 0.717) is 0 Å². The number of nitrogens with zero attached hydrogens (tertiary/aromatic N) is 3. The van der Waals surface area contributed by atoms with Crippen molar-refractivity contribution < 1.29 is 20.6 Å². The minimum atomic E-state index is -1.50. The fraction of sp³-hybridized carbons (Fsp3) is 1.00. The van der Waals surface area contributed by atoms with Gasteiger partial charge in [-0.3, -0.25) is 0 Å². The minimum Gasteiger partial charge on any atom is -0.328 e. The molecule has 0 aliphatic carbocycles. The molecule has 0 aliphatic heterocycles. The van der Waals surface area contributed by atoms with Crippen LogP contribution in [0.1, 0.15) is 20.8 Å². The van der Waals surface area contributed by atoms with Crippen LogP contribution in [0.4, 0.5) is 0 Å². The van der Waals surface area contributed by atoms with E-state index in [1.807, 2.05) is 0 Å². The highest BCUT2D eigenvalue weighted by molar-refractivity contribution is 4.43. The van der Waals surface area contributed by atoms with Gasteiger partial charge in [0, 0.05) is 0 Å². The van der Waals surface area contributed by atoms with Gasteiger partial charge in [-0.1, -0.05) is 20.8 Å². The van der Waals surface area contributed by atoms with E-state index in [1.165, 1.54) is 19.6 Å². The molecule has 0 fully saturated rings. The maximum absolute atomic E-state index is 8.36. The van der Waals surface area contributed by atoms with E-state index in [1.54, 1.807) is 0 Å². The highest BCUT2D eigenvalue weighted by Crippen LogP contribution is 1.81. The van der Waals surface area contributed by atoms with E-state index in [0.717, 1.165) is 0 Å². The molecule has 0 atom stereocenters. The van der Waals surface area contributed by atoms with E-state index in [-0.39, 0.29) is 0 Å². The van der Waals surface area contributed by atoms with E-state index < -0.39 is 10.2 Å². The lowest BCUT2D eigenvalue weighted by atomic mass is 10.5. The highest BCUT2D eigenvalue weighted by atomic mass is 16.9. The molecule has 0 amide bonds. The lowest BCUT2D eigenvalue weighted by Crippen LogP contribution is -2.21. The maximum atomic E-state index is 8.36. The van der Waals surface area contributed by atoms with Crippen molar-refractivity contribution in [1.82, 2.24) is 4.90 Å². The molecule has 0 aliphatic rings. The van der Waals surface area contributed by atoms with Gasteiger partial charge in [-0.15, -0.1) is 20.2 Å². The first-order valence-corrected chi connectivity index (χ1v) is 4.20. The fourth-order valence-corrected chi connectivity index (χ4v) is 0.671. The van der Waals surface area contributed by atoms with E-state index in [9.17, 15) is 0 Å². The van der Waals surface area contributed by atoms with Gasteiger partial charge in [-0.25, -0.2) is 0 Å². The Balaban J connectivity index is -0.000000155. The molecule has 15 heavy (non-hydrogen) atoms. The molecule has 0 aromatic carbocycles. The van der Waals surface area contributed by atoms with Crippen molar-refractivity contribution in [1.29, 1.82) is 0 Å². The zero-order valence-corrected chi connectivity index (χ0v) is 8.99. The number of hydrogen-bond donors (Lipinski definition) is 2. The average Bonchev–Trinajstić information content (AvgIpc) is 2.05. The molecule has 92 valence electrons. The van der Waals surface area contributed by atoms with Crippen molar-refractivity contribution in [3.05, 3.63) is 20.2 Å². The fourth-order valence-electron chi connectivity index (χ4n) is 0.671. The molecule has 0 saturated heterocycles. The van der Waals surface area contributed by atoms with Gasteiger partial charge in [-0.2, -0.15) is 0 Å². The summed E-state index contributed by atoms with van der Waals surface area (Å²) in [5, 5.41) is 27.3. The van der Waals surface area contributed by atoms with Crippen LogP contribution in [0, 0.1) is 20.2 Å². The molecule has 0 heterocycles. The lowest BCUT2D eigenvalue weighted by Gasteiger charge is -2.13. The number of rotatable bonds is 3. The number of hydrogen-bond acceptors (Lipinski definition) is 5. The standard InChI is InChI=1S/C6H15N.2HNO3/c1-4-7(5-2)6-3;2*2-1(3)4/h4-6H2,1-3H3;2*(H,2,3,4). The molecule has 9 nitrogen and oxygen atoms in total. The van der Waals surface area contributed by atoms with Crippen LogP contribution in [-0.2, 0) is 0 Å². The summed E-state index contributed by atoms with van der Waals surface area (Å²) in [5.74, 6) is 0. The van der Waals surface area contributed by atoms with Crippen LogP contribution < -0.4 is 0 Å². The molecular formula is C6H17N3O6. The quantitative estimate of drug-likeness (QED) is 0.534. The average molecular weight is 227 g/mol. The third-order valence-electron chi connectivity index (χ3n) is 1.34. The summed E-state index contributed by atoms with van der Waals surface area (Å²) in [6.07, 6.45) is 0. The van der Waals surface area contributed by atoms with Crippen molar-refractivity contribution in [3.63, 3.8) is 0 Å². The minimum absolute atomic E-state index is 1.19. The first-order chi connectivity index (χ1) is 6.81. The summed E-state index contributed by atoms with van der Waals surface area (Å²) in [7, 11) is 0. The van der Waals surface area contributed by atoms with Crippen molar-refractivity contribution in [2.75, 3.05) is 19.6 Å². The highest BCUT2D eigenvalue weighted by Gasteiger charge is 1.89. The predicted molar refractivity (Wildman–Crippen MR) is 51.0 cm³/mol. The van der Waals surface area contributed by atoms with Crippen molar-refractivity contribution in [2.45, 2.75) is 20.8 Å². The zero-order valence-electron chi connectivity index (χ0n) is 8.99. The Morgan fingerprint density at radius 1 is 0.933 bits per heavy atom. The Labute approximate surface area is 87.1 Å². The van der Waals surface area contributed by atoms with E-state index >= 15 is 0 Å². The van der Waals surface area contributed by atoms with Crippen LogP contribution in [0.3, 0.4) is 0 Å². The summed E-state index contributed by atoms with van der Waals surface area (Å²) in [6, 6.07) is 0. The summed E-state index contributed by atoms with van der Waals surface area (Å²) in [5.41, 5.74) is 0. The van der Waals surface area contributed by atoms with Gasteiger partial charge in [0.05, 0.1) is 0 Å². The zero-order chi connectivity index (χ0) is 12.9. The van der Waals surface area contributed by atoms with Crippen LogP contribution >= 0.6 is 0 Å². The first-order valence-electron chi connectivity index (χ1n) is 4.20. The van der Waals surface area contributed by atoms with E-state index in [4.69, 9.17) is 30.6 Å². The summed E-state index contributed by atoms with van der Waals surface area (Å²) >= 11 is 0. The Kier molecular flexibility index (Phi) is 18.8. The largest absolute Gasteiger partial charge is 0.328 e. The molecule has 0 rings (SSSR count). The molecule has 0 aromatic heterocycles. The molecule has 0 unspecified atom stereocenters. The Hall–Kier alpha value is -1.64. The maximum Gasteiger partial charge on any atom is 0.291 e. The second-order valence-corrected chi connectivity index (χ2v) is 2.10.